The topological polar surface area (TPSA) is 89.1 Å². The number of carbonyl (C=O) groups excluding carboxylic acids is 1. The molecule has 0 unspecified atom stereocenters. The molecule has 2 heterocycles. The molecule has 204 valence electrons. The number of ether oxygens (including phenoxy) is 2. The standard InChI is InChI=1S/C31H30N4O3S2/c1-19-5-9-21(10-6-19)28-29(22-11-7-20(2)8-12-22)35-31(34-28)39-16-15-27(36)33-30-32-24(18-40-30)23-13-14-25(37-3)26(17-23)38-4/h5-14,17-18H,15-16H2,1-4H3,(H,34,35)(H,32,33,36). The minimum absolute atomic E-state index is 0.0928. The van der Waals surface area contributed by atoms with Gasteiger partial charge in [-0.2, -0.15) is 0 Å². The third-order valence-corrected chi connectivity index (χ3v) is 7.98. The minimum Gasteiger partial charge on any atom is -0.493 e. The zero-order valence-electron chi connectivity index (χ0n) is 22.8. The van der Waals surface area contributed by atoms with Crippen molar-refractivity contribution in [3.05, 3.63) is 83.2 Å². The summed E-state index contributed by atoms with van der Waals surface area (Å²) in [5.41, 5.74) is 8.06. The normalized spacial score (nSPS) is 10.9. The quantitative estimate of drug-likeness (QED) is 0.168. The van der Waals surface area contributed by atoms with Crippen LogP contribution in [-0.2, 0) is 4.79 Å². The van der Waals surface area contributed by atoms with E-state index in [0.29, 0.717) is 28.8 Å². The molecule has 0 aliphatic rings. The number of imidazole rings is 1. The smallest absolute Gasteiger partial charge is 0.226 e. The van der Waals surface area contributed by atoms with E-state index in [2.05, 4.69) is 77.7 Å². The van der Waals surface area contributed by atoms with Gasteiger partial charge in [0.2, 0.25) is 5.91 Å². The summed E-state index contributed by atoms with van der Waals surface area (Å²) in [5, 5.41) is 6.17. The number of anilines is 1. The lowest BCUT2D eigenvalue weighted by molar-refractivity contribution is -0.115. The molecule has 2 N–H and O–H groups in total. The predicted molar refractivity (Wildman–Crippen MR) is 164 cm³/mol. The second kappa shape index (κ2) is 12.4. The first kappa shape index (κ1) is 27.5. The molecule has 5 aromatic rings. The van der Waals surface area contributed by atoms with Crippen LogP contribution in [-0.4, -0.2) is 40.8 Å². The van der Waals surface area contributed by atoms with Gasteiger partial charge in [0, 0.05) is 34.2 Å². The number of benzene rings is 3. The van der Waals surface area contributed by atoms with E-state index in [1.807, 2.05) is 23.6 Å². The number of nitrogens with zero attached hydrogens (tertiary/aromatic N) is 2. The van der Waals surface area contributed by atoms with E-state index in [-0.39, 0.29) is 5.91 Å². The predicted octanol–water partition coefficient (Wildman–Crippen LogP) is 7.62. The lowest BCUT2D eigenvalue weighted by Crippen LogP contribution is -2.12. The molecule has 40 heavy (non-hydrogen) atoms. The lowest BCUT2D eigenvalue weighted by Gasteiger charge is -2.08. The van der Waals surface area contributed by atoms with Crippen molar-refractivity contribution >= 4 is 34.1 Å². The SMILES string of the molecule is COc1ccc(-c2csc(NC(=O)CCSc3nc(-c4ccc(C)cc4)c(-c4ccc(C)cc4)[nH]3)n2)cc1OC. The highest BCUT2D eigenvalue weighted by Gasteiger charge is 2.16. The monoisotopic (exact) mass is 570 g/mol. The van der Waals surface area contributed by atoms with Crippen LogP contribution in [0.2, 0.25) is 0 Å². The molecule has 0 aliphatic heterocycles. The van der Waals surface area contributed by atoms with Crippen molar-refractivity contribution in [2.24, 2.45) is 0 Å². The summed E-state index contributed by atoms with van der Waals surface area (Å²) in [6, 6.07) is 22.4. The van der Waals surface area contributed by atoms with Crippen LogP contribution in [0.4, 0.5) is 5.13 Å². The molecule has 0 spiro atoms. The molecule has 5 rings (SSSR count). The molecule has 0 bridgehead atoms. The lowest BCUT2D eigenvalue weighted by atomic mass is 10.0. The van der Waals surface area contributed by atoms with E-state index in [1.165, 1.54) is 34.2 Å². The molecule has 0 radical (unpaired) electrons. The molecule has 0 fully saturated rings. The molecule has 0 saturated carbocycles. The molecule has 0 saturated heterocycles. The van der Waals surface area contributed by atoms with Crippen molar-refractivity contribution in [2.75, 3.05) is 25.3 Å². The molecular weight excluding hydrogens is 541 g/mol. The molecule has 7 nitrogen and oxygen atoms in total. The van der Waals surface area contributed by atoms with Crippen LogP contribution in [0.3, 0.4) is 0 Å². The average molecular weight is 571 g/mol. The fraction of sp³-hybridized carbons (Fsp3) is 0.194. The first-order chi connectivity index (χ1) is 19.4. The summed E-state index contributed by atoms with van der Waals surface area (Å²) in [5.74, 6) is 1.77. The van der Waals surface area contributed by atoms with Gasteiger partial charge >= 0.3 is 0 Å². The number of nitrogens with one attached hydrogen (secondary N) is 2. The number of thioether (sulfide) groups is 1. The van der Waals surface area contributed by atoms with Crippen molar-refractivity contribution in [1.82, 2.24) is 15.0 Å². The first-order valence-electron chi connectivity index (χ1n) is 12.8. The maximum absolute atomic E-state index is 12.7. The van der Waals surface area contributed by atoms with Gasteiger partial charge in [-0.1, -0.05) is 71.4 Å². The summed E-state index contributed by atoms with van der Waals surface area (Å²) in [6.45, 7) is 4.15. The molecule has 0 atom stereocenters. The summed E-state index contributed by atoms with van der Waals surface area (Å²) in [6.07, 6.45) is 0.330. The van der Waals surface area contributed by atoms with E-state index in [9.17, 15) is 4.79 Å². The van der Waals surface area contributed by atoms with Gasteiger partial charge in [-0.25, -0.2) is 9.97 Å². The Labute approximate surface area is 242 Å². The number of methoxy groups -OCH3 is 2. The van der Waals surface area contributed by atoms with Crippen LogP contribution in [0.15, 0.2) is 77.3 Å². The van der Waals surface area contributed by atoms with Crippen LogP contribution < -0.4 is 14.8 Å². The average Bonchev–Trinajstić information content (AvgIpc) is 3.61. The number of hydrogen-bond donors (Lipinski definition) is 2. The van der Waals surface area contributed by atoms with E-state index in [1.54, 1.807) is 14.2 Å². The number of hydrogen-bond acceptors (Lipinski definition) is 7. The zero-order chi connectivity index (χ0) is 28.1. The fourth-order valence-electron chi connectivity index (χ4n) is 4.15. The molecule has 3 aromatic carbocycles. The molecular formula is C31H30N4O3S2. The summed E-state index contributed by atoms with van der Waals surface area (Å²) >= 11 is 2.92. The Bertz CT molecular complexity index is 1550. The van der Waals surface area contributed by atoms with E-state index < -0.39 is 0 Å². The zero-order valence-corrected chi connectivity index (χ0v) is 24.4. The van der Waals surface area contributed by atoms with Crippen LogP contribution in [0.1, 0.15) is 17.5 Å². The summed E-state index contributed by atoms with van der Waals surface area (Å²) < 4.78 is 10.7. The Morgan fingerprint density at radius 3 is 2.20 bits per heavy atom. The Kier molecular flexibility index (Phi) is 8.52. The number of aromatic amines is 1. The van der Waals surface area contributed by atoms with Gasteiger partial charge in [0.05, 0.1) is 31.3 Å². The number of rotatable bonds is 10. The molecule has 0 aliphatic carbocycles. The van der Waals surface area contributed by atoms with Gasteiger partial charge in [0.1, 0.15) is 0 Å². The van der Waals surface area contributed by atoms with E-state index >= 15 is 0 Å². The van der Waals surface area contributed by atoms with Crippen molar-refractivity contribution in [3.63, 3.8) is 0 Å². The van der Waals surface area contributed by atoms with Gasteiger partial charge in [-0.3, -0.25) is 4.79 Å². The molecule has 9 heteroatoms. The second-order valence-corrected chi connectivity index (χ2v) is 11.2. The highest BCUT2D eigenvalue weighted by molar-refractivity contribution is 7.99. The van der Waals surface area contributed by atoms with Crippen molar-refractivity contribution in [2.45, 2.75) is 25.4 Å². The van der Waals surface area contributed by atoms with Crippen LogP contribution in [0.5, 0.6) is 11.5 Å². The molecule has 1 amide bonds. The van der Waals surface area contributed by atoms with Crippen LogP contribution in [0.25, 0.3) is 33.8 Å². The number of aromatic nitrogens is 3. The van der Waals surface area contributed by atoms with Gasteiger partial charge in [-0.15, -0.1) is 11.3 Å². The highest BCUT2D eigenvalue weighted by Crippen LogP contribution is 2.35. The Hall–Kier alpha value is -4.08. The molecule has 2 aromatic heterocycles. The van der Waals surface area contributed by atoms with Crippen molar-refractivity contribution in [3.8, 4) is 45.3 Å². The van der Waals surface area contributed by atoms with E-state index in [4.69, 9.17) is 14.5 Å². The number of aryl methyl sites for hydroxylation is 2. The van der Waals surface area contributed by atoms with Gasteiger partial charge in [-0.05, 0) is 32.0 Å². The number of amides is 1. The number of H-pyrrole nitrogens is 1. The van der Waals surface area contributed by atoms with Crippen molar-refractivity contribution in [1.29, 1.82) is 0 Å². The third-order valence-electron chi connectivity index (χ3n) is 6.35. The Morgan fingerprint density at radius 1 is 0.875 bits per heavy atom. The van der Waals surface area contributed by atoms with Crippen LogP contribution >= 0.6 is 23.1 Å². The maximum Gasteiger partial charge on any atom is 0.226 e. The van der Waals surface area contributed by atoms with Gasteiger partial charge in [0.25, 0.3) is 0 Å². The fourth-order valence-corrected chi connectivity index (χ4v) is 5.70. The highest BCUT2D eigenvalue weighted by atomic mass is 32.2. The van der Waals surface area contributed by atoms with Crippen LogP contribution in [0, 0.1) is 13.8 Å². The Balaban J connectivity index is 1.23. The third kappa shape index (κ3) is 6.38. The maximum atomic E-state index is 12.7. The van der Waals surface area contributed by atoms with Crippen molar-refractivity contribution < 1.29 is 14.3 Å². The summed E-state index contributed by atoms with van der Waals surface area (Å²) in [7, 11) is 3.20. The number of thiazole rings is 1. The van der Waals surface area contributed by atoms with Gasteiger partial charge in [0.15, 0.2) is 21.8 Å². The summed E-state index contributed by atoms with van der Waals surface area (Å²) in [4.78, 5) is 25.6. The largest absolute Gasteiger partial charge is 0.493 e. The second-order valence-electron chi connectivity index (χ2n) is 9.25. The van der Waals surface area contributed by atoms with E-state index in [0.717, 1.165) is 38.9 Å². The Morgan fingerprint density at radius 2 is 1.52 bits per heavy atom. The minimum atomic E-state index is -0.0928. The van der Waals surface area contributed by atoms with Gasteiger partial charge < -0.3 is 19.8 Å². The first-order valence-corrected chi connectivity index (χ1v) is 14.6. The number of carbonyl (C=O) groups is 1.